The average molecular weight is 267 g/mol. The van der Waals surface area contributed by atoms with Gasteiger partial charge in [0.2, 0.25) is 5.91 Å². The Morgan fingerprint density at radius 3 is 2.63 bits per heavy atom. The van der Waals surface area contributed by atoms with Crippen LogP contribution in [0.15, 0.2) is 0 Å². The van der Waals surface area contributed by atoms with Crippen LogP contribution in [0.5, 0.6) is 0 Å². The van der Waals surface area contributed by atoms with Crippen LogP contribution in [-0.4, -0.2) is 60.5 Å². The van der Waals surface area contributed by atoms with Gasteiger partial charge in [-0.05, 0) is 52.1 Å². The highest BCUT2D eigenvalue weighted by atomic mass is 16.2. The Kier molecular flexibility index (Phi) is 5.64. The third-order valence-electron chi connectivity index (χ3n) is 4.60. The van der Waals surface area contributed by atoms with Crippen molar-refractivity contribution in [1.29, 1.82) is 0 Å². The lowest BCUT2D eigenvalue weighted by Gasteiger charge is -2.35. The van der Waals surface area contributed by atoms with Crippen LogP contribution in [0.25, 0.3) is 0 Å². The van der Waals surface area contributed by atoms with Crippen molar-refractivity contribution in [2.45, 2.75) is 58.0 Å². The molecule has 0 spiro atoms. The van der Waals surface area contributed by atoms with Gasteiger partial charge < -0.3 is 10.2 Å². The van der Waals surface area contributed by atoms with Crippen LogP contribution in [0.1, 0.15) is 46.0 Å². The van der Waals surface area contributed by atoms with Gasteiger partial charge in [0, 0.05) is 25.7 Å². The van der Waals surface area contributed by atoms with Crippen LogP contribution in [0.4, 0.5) is 0 Å². The number of hydrogen-bond donors (Lipinski definition) is 1. The molecule has 1 amide bonds. The smallest absolute Gasteiger partial charge is 0.239 e. The topological polar surface area (TPSA) is 35.6 Å². The number of hydrogen-bond acceptors (Lipinski definition) is 3. The van der Waals surface area contributed by atoms with E-state index in [4.69, 9.17) is 0 Å². The lowest BCUT2D eigenvalue weighted by Crippen LogP contribution is -2.51. The minimum Gasteiger partial charge on any atom is -0.341 e. The van der Waals surface area contributed by atoms with E-state index in [9.17, 15) is 4.79 Å². The molecule has 2 saturated heterocycles. The van der Waals surface area contributed by atoms with E-state index in [1.54, 1.807) is 0 Å². The van der Waals surface area contributed by atoms with Crippen molar-refractivity contribution >= 4 is 5.91 Å². The molecule has 0 aliphatic carbocycles. The summed E-state index contributed by atoms with van der Waals surface area (Å²) in [6.45, 7) is 9.27. The molecule has 110 valence electrons. The Morgan fingerprint density at radius 1 is 1.32 bits per heavy atom. The van der Waals surface area contributed by atoms with Crippen LogP contribution < -0.4 is 5.32 Å². The molecule has 4 nitrogen and oxygen atoms in total. The molecule has 0 bridgehead atoms. The summed E-state index contributed by atoms with van der Waals surface area (Å²) in [5, 5.41) is 3.53. The molecule has 4 heteroatoms. The molecule has 2 unspecified atom stereocenters. The maximum Gasteiger partial charge on any atom is 0.239 e. The predicted molar refractivity (Wildman–Crippen MR) is 78.2 cm³/mol. The Labute approximate surface area is 117 Å². The molecule has 1 N–H and O–H groups in total. The fraction of sp³-hybridized carbons (Fsp3) is 0.933. The molecule has 2 fully saturated rings. The monoisotopic (exact) mass is 267 g/mol. The zero-order chi connectivity index (χ0) is 13.7. The number of likely N-dealkylation sites (tertiary alicyclic amines) is 1. The minimum atomic E-state index is 0.0329. The molecule has 2 aliphatic rings. The normalized spacial score (nSPS) is 25.8. The maximum absolute atomic E-state index is 12.5. The van der Waals surface area contributed by atoms with Gasteiger partial charge in [-0.25, -0.2) is 0 Å². The van der Waals surface area contributed by atoms with Crippen molar-refractivity contribution in [1.82, 2.24) is 15.1 Å². The van der Waals surface area contributed by atoms with Gasteiger partial charge in [-0.15, -0.1) is 0 Å². The number of nitrogens with zero attached hydrogens (tertiary/aromatic N) is 2. The average Bonchev–Trinajstić information content (AvgIpc) is 2.97. The number of piperidine rings is 1. The quantitative estimate of drug-likeness (QED) is 0.819. The first-order chi connectivity index (χ1) is 9.22. The Bertz CT molecular complexity index is 283. The summed E-state index contributed by atoms with van der Waals surface area (Å²) in [5.74, 6) is 0.333. The molecule has 2 heterocycles. The highest BCUT2D eigenvalue weighted by Crippen LogP contribution is 2.14. The van der Waals surface area contributed by atoms with Crippen LogP contribution >= 0.6 is 0 Å². The van der Waals surface area contributed by atoms with Crippen LogP contribution in [0.3, 0.4) is 0 Å². The van der Waals surface area contributed by atoms with E-state index >= 15 is 0 Å². The molecule has 2 aliphatic heterocycles. The van der Waals surface area contributed by atoms with Gasteiger partial charge in [-0.1, -0.05) is 6.92 Å². The highest BCUT2D eigenvalue weighted by Gasteiger charge is 2.28. The summed E-state index contributed by atoms with van der Waals surface area (Å²) >= 11 is 0. The Morgan fingerprint density at radius 2 is 2.05 bits per heavy atom. The Balaban J connectivity index is 1.86. The van der Waals surface area contributed by atoms with Crippen molar-refractivity contribution in [3.05, 3.63) is 0 Å². The van der Waals surface area contributed by atoms with Crippen molar-refractivity contribution < 1.29 is 4.79 Å². The van der Waals surface area contributed by atoms with E-state index in [1.165, 1.54) is 32.1 Å². The second kappa shape index (κ2) is 7.25. The van der Waals surface area contributed by atoms with Crippen molar-refractivity contribution in [3.63, 3.8) is 0 Å². The van der Waals surface area contributed by atoms with Gasteiger partial charge in [-0.2, -0.15) is 0 Å². The van der Waals surface area contributed by atoms with Crippen molar-refractivity contribution in [2.75, 3.05) is 32.7 Å². The molecule has 0 aromatic heterocycles. The van der Waals surface area contributed by atoms with E-state index in [1.807, 2.05) is 0 Å². The fourth-order valence-electron chi connectivity index (χ4n) is 3.29. The van der Waals surface area contributed by atoms with E-state index < -0.39 is 0 Å². The zero-order valence-corrected chi connectivity index (χ0v) is 12.5. The maximum atomic E-state index is 12.5. The lowest BCUT2D eigenvalue weighted by molar-refractivity contribution is -0.137. The second-order valence-corrected chi connectivity index (χ2v) is 5.94. The van der Waals surface area contributed by atoms with Gasteiger partial charge >= 0.3 is 0 Å². The molecule has 0 radical (unpaired) electrons. The summed E-state index contributed by atoms with van der Waals surface area (Å²) in [5.41, 5.74) is 0. The van der Waals surface area contributed by atoms with Gasteiger partial charge in [0.15, 0.2) is 0 Å². The Hall–Kier alpha value is -0.610. The summed E-state index contributed by atoms with van der Waals surface area (Å²) < 4.78 is 0. The number of carbonyl (C=O) groups is 1. The van der Waals surface area contributed by atoms with E-state index in [-0.39, 0.29) is 6.04 Å². The van der Waals surface area contributed by atoms with Crippen LogP contribution in [0, 0.1) is 0 Å². The van der Waals surface area contributed by atoms with E-state index in [0.717, 1.165) is 32.7 Å². The summed E-state index contributed by atoms with van der Waals surface area (Å²) in [7, 11) is 0. The zero-order valence-electron chi connectivity index (χ0n) is 12.5. The minimum absolute atomic E-state index is 0.0329. The largest absolute Gasteiger partial charge is 0.341 e. The molecular formula is C15H29N3O. The predicted octanol–water partition coefficient (Wildman–Crippen LogP) is 1.46. The van der Waals surface area contributed by atoms with Crippen molar-refractivity contribution in [3.8, 4) is 0 Å². The van der Waals surface area contributed by atoms with Crippen molar-refractivity contribution in [2.24, 2.45) is 0 Å². The van der Waals surface area contributed by atoms with Crippen LogP contribution in [-0.2, 0) is 4.79 Å². The highest BCUT2D eigenvalue weighted by molar-refractivity contribution is 5.81. The van der Waals surface area contributed by atoms with E-state index in [2.05, 4.69) is 29.0 Å². The first kappa shape index (κ1) is 14.8. The lowest BCUT2D eigenvalue weighted by atomic mass is 10.1. The van der Waals surface area contributed by atoms with Gasteiger partial charge in [0.1, 0.15) is 0 Å². The molecule has 19 heavy (non-hydrogen) atoms. The number of amides is 1. The number of nitrogens with one attached hydrogen (secondary N) is 1. The fourth-order valence-corrected chi connectivity index (χ4v) is 3.29. The molecule has 2 atom stereocenters. The molecule has 0 aromatic rings. The third kappa shape index (κ3) is 3.93. The molecule has 0 saturated carbocycles. The number of likely N-dealkylation sites (N-methyl/N-ethyl adjacent to an activating group) is 1. The summed E-state index contributed by atoms with van der Waals surface area (Å²) in [6, 6.07) is 0.613. The number of carbonyl (C=O) groups excluding carboxylic acids is 1. The SMILES string of the molecule is CCN(CC1CCCN1)C(C)C(=O)N1CCCCC1. The standard InChI is InChI=1S/C15H29N3O/c1-3-17(12-14-8-7-9-16-14)13(2)15(19)18-10-5-4-6-11-18/h13-14,16H,3-12H2,1-2H3. The summed E-state index contributed by atoms with van der Waals surface area (Å²) in [4.78, 5) is 16.9. The van der Waals surface area contributed by atoms with Crippen LogP contribution in [0.2, 0.25) is 0 Å². The molecular weight excluding hydrogens is 238 g/mol. The van der Waals surface area contributed by atoms with Gasteiger partial charge in [-0.3, -0.25) is 9.69 Å². The first-order valence-corrected chi connectivity index (χ1v) is 7.98. The molecule has 2 rings (SSSR count). The van der Waals surface area contributed by atoms with Gasteiger partial charge in [0.05, 0.1) is 6.04 Å². The second-order valence-electron chi connectivity index (χ2n) is 5.94. The third-order valence-corrected chi connectivity index (χ3v) is 4.60. The first-order valence-electron chi connectivity index (χ1n) is 7.98. The van der Waals surface area contributed by atoms with E-state index in [0.29, 0.717) is 11.9 Å². The molecule has 0 aromatic carbocycles. The summed E-state index contributed by atoms with van der Waals surface area (Å²) in [6.07, 6.45) is 6.16. The number of rotatable bonds is 5. The van der Waals surface area contributed by atoms with Gasteiger partial charge in [0.25, 0.3) is 0 Å².